The van der Waals surface area contributed by atoms with Crippen molar-refractivity contribution < 1.29 is 32.9 Å². The van der Waals surface area contributed by atoms with E-state index < -0.39 is 34.6 Å². The van der Waals surface area contributed by atoms with Gasteiger partial charge in [-0.25, -0.2) is 4.79 Å². The third kappa shape index (κ3) is 7.19. The number of amides is 1. The summed E-state index contributed by atoms with van der Waals surface area (Å²) in [6.45, 7) is 6.85. The van der Waals surface area contributed by atoms with E-state index in [9.17, 15) is 23.4 Å². The van der Waals surface area contributed by atoms with E-state index in [1.165, 1.54) is 14.2 Å². The average molecular weight is 757 g/mol. The Hall–Kier alpha value is -3.38. The van der Waals surface area contributed by atoms with E-state index >= 15 is 0 Å². The Morgan fingerprint density at radius 3 is 2.08 bits per heavy atom. The smallest absolute Gasteiger partial charge is 0.336 e. The van der Waals surface area contributed by atoms with E-state index in [0.29, 0.717) is 55.7 Å². The molecule has 0 spiro atoms. The van der Waals surface area contributed by atoms with Crippen molar-refractivity contribution in [2.45, 2.75) is 62.8 Å². The van der Waals surface area contributed by atoms with Gasteiger partial charge in [-0.3, -0.25) is 28.5 Å². The summed E-state index contributed by atoms with van der Waals surface area (Å²) in [6, 6.07) is 13.9. The van der Waals surface area contributed by atoms with Crippen molar-refractivity contribution in [2.75, 3.05) is 46.2 Å². The van der Waals surface area contributed by atoms with Gasteiger partial charge in [0.05, 0.1) is 48.5 Å². The Kier molecular flexibility index (Phi) is 10.9. The molecule has 0 bridgehead atoms. The van der Waals surface area contributed by atoms with Crippen LogP contribution in [0.5, 0.6) is 0 Å². The van der Waals surface area contributed by atoms with E-state index in [1.807, 2.05) is 0 Å². The molecule has 3 fully saturated rings. The third-order valence-electron chi connectivity index (χ3n) is 11.6. The molecule has 13 heteroatoms. The SMILES string of the molecule is COC(=O)C1=C(CS(=O)c2ccccc2)N=C(CC(=O)N2CCN(C3C[C@]4(C)CC(=O)C[C@]4(C)C3)CC2)C(C(=O)OC)C1c1c(Cl)cccc1Cl. The summed E-state index contributed by atoms with van der Waals surface area (Å²) < 4.78 is 24.1. The van der Waals surface area contributed by atoms with Crippen LogP contribution in [0.2, 0.25) is 10.0 Å². The van der Waals surface area contributed by atoms with E-state index in [4.69, 9.17) is 37.7 Å². The van der Waals surface area contributed by atoms with Crippen LogP contribution in [0.1, 0.15) is 57.4 Å². The van der Waals surface area contributed by atoms with Gasteiger partial charge in [0.1, 0.15) is 11.7 Å². The van der Waals surface area contributed by atoms with Gasteiger partial charge in [0.2, 0.25) is 5.91 Å². The Balaban J connectivity index is 1.31. The fraction of sp³-hybridized carbons (Fsp3) is 0.500. The van der Waals surface area contributed by atoms with E-state index in [-0.39, 0.29) is 61.5 Å². The van der Waals surface area contributed by atoms with Crippen LogP contribution in [0.25, 0.3) is 0 Å². The lowest BCUT2D eigenvalue weighted by Gasteiger charge is -2.39. The minimum absolute atomic E-state index is 0.00325. The van der Waals surface area contributed by atoms with Crippen LogP contribution in [-0.2, 0) is 39.5 Å². The van der Waals surface area contributed by atoms with Gasteiger partial charge in [-0.2, -0.15) is 0 Å². The number of hydrogen-bond donors (Lipinski definition) is 0. The van der Waals surface area contributed by atoms with Crippen LogP contribution < -0.4 is 0 Å². The van der Waals surface area contributed by atoms with Gasteiger partial charge >= 0.3 is 11.9 Å². The molecular formula is C38H43Cl2N3O7S. The molecule has 0 aromatic heterocycles. The van der Waals surface area contributed by atoms with E-state index in [0.717, 1.165) is 12.8 Å². The maximum atomic E-state index is 14.1. The summed E-state index contributed by atoms with van der Waals surface area (Å²) in [5.41, 5.74) is 0.537. The molecule has 51 heavy (non-hydrogen) atoms. The lowest BCUT2D eigenvalue weighted by molar-refractivity contribution is -0.143. The molecule has 2 aliphatic heterocycles. The minimum Gasteiger partial charge on any atom is -0.468 e. The normalized spacial score (nSPS) is 28.7. The van der Waals surface area contributed by atoms with E-state index in [2.05, 4.69) is 18.7 Å². The number of esters is 2. The van der Waals surface area contributed by atoms with E-state index in [1.54, 1.807) is 53.4 Å². The third-order valence-corrected chi connectivity index (χ3v) is 13.6. The first-order chi connectivity index (χ1) is 24.3. The highest BCUT2D eigenvalue weighted by Crippen LogP contribution is 2.62. The standard InChI is InChI=1S/C38H43Cl2N3O7S/c1-37-18-23(19-38(37,2)21-24(44)20-37)42-13-15-43(16-14-42)30(45)17-28-32(35(46)49-3)34(31-26(39)11-8-12-27(31)40)33(36(47)50-4)29(41-28)22-51(48)25-9-6-5-7-10-25/h5-12,23,32,34H,13-22H2,1-4H3/t23?,32?,34?,37-,38+,51?. The molecule has 2 aromatic carbocycles. The van der Waals surface area contributed by atoms with Crippen LogP contribution in [-0.4, -0.2) is 95.5 Å². The number of fused-ring (bicyclic) bond motifs is 1. The first-order valence-electron chi connectivity index (χ1n) is 17.2. The molecule has 6 rings (SSSR count). The molecule has 2 heterocycles. The molecule has 0 radical (unpaired) electrons. The first-order valence-corrected chi connectivity index (χ1v) is 19.2. The molecule has 6 atom stereocenters. The number of aliphatic imine (C=N–C) groups is 1. The number of piperazine rings is 1. The number of nitrogens with zero attached hydrogens (tertiary/aromatic N) is 3. The number of rotatable bonds is 9. The van der Waals surface area contributed by atoms with Crippen molar-refractivity contribution >= 4 is 63.3 Å². The number of Topliss-reactive ketones (excluding diaryl/α,β-unsaturated/α-hetero) is 1. The van der Waals surface area contributed by atoms with Crippen molar-refractivity contribution in [2.24, 2.45) is 21.7 Å². The summed E-state index contributed by atoms with van der Waals surface area (Å²) in [5.74, 6) is -3.98. The lowest BCUT2D eigenvalue weighted by Crippen LogP contribution is -2.52. The number of halogens is 2. The Morgan fingerprint density at radius 2 is 1.51 bits per heavy atom. The Morgan fingerprint density at radius 1 is 0.902 bits per heavy atom. The molecule has 1 amide bonds. The zero-order valence-electron chi connectivity index (χ0n) is 29.3. The number of carbonyl (C=O) groups excluding carboxylic acids is 4. The van der Waals surface area contributed by atoms with Gasteiger partial charge in [-0.1, -0.05) is 61.3 Å². The number of carbonyl (C=O) groups is 4. The van der Waals surface area contributed by atoms with Crippen LogP contribution in [0, 0.1) is 16.7 Å². The van der Waals surface area contributed by atoms with Gasteiger partial charge in [-0.05, 0) is 53.5 Å². The second-order valence-corrected chi connectivity index (χ2v) is 16.8. The fourth-order valence-corrected chi connectivity index (χ4v) is 10.5. The van der Waals surface area contributed by atoms with Crippen LogP contribution >= 0.6 is 23.2 Å². The monoisotopic (exact) mass is 755 g/mol. The van der Waals surface area contributed by atoms with Crippen molar-refractivity contribution in [3.63, 3.8) is 0 Å². The van der Waals surface area contributed by atoms with Gasteiger partial charge in [0.25, 0.3) is 0 Å². The highest BCUT2D eigenvalue weighted by atomic mass is 35.5. The van der Waals surface area contributed by atoms with Crippen molar-refractivity contribution in [3.8, 4) is 0 Å². The molecule has 2 aliphatic carbocycles. The van der Waals surface area contributed by atoms with Crippen molar-refractivity contribution in [3.05, 3.63) is 75.4 Å². The number of ketones is 1. The second-order valence-electron chi connectivity index (χ2n) is 14.5. The summed E-state index contributed by atoms with van der Waals surface area (Å²) in [4.78, 5) is 63.2. The maximum absolute atomic E-state index is 14.1. The predicted octanol–water partition coefficient (Wildman–Crippen LogP) is 5.63. The zero-order valence-corrected chi connectivity index (χ0v) is 31.6. The highest BCUT2D eigenvalue weighted by molar-refractivity contribution is 7.85. The summed E-state index contributed by atoms with van der Waals surface area (Å²) >= 11 is 13.5. The predicted molar refractivity (Wildman–Crippen MR) is 195 cm³/mol. The van der Waals surface area contributed by atoms with Crippen LogP contribution in [0.15, 0.2) is 69.7 Å². The molecule has 2 aromatic rings. The van der Waals surface area contributed by atoms with Crippen molar-refractivity contribution in [1.29, 1.82) is 0 Å². The average Bonchev–Trinajstić information content (AvgIpc) is 3.49. The lowest BCUT2D eigenvalue weighted by atomic mass is 9.71. The number of methoxy groups -OCH3 is 2. The van der Waals surface area contributed by atoms with Crippen LogP contribution in [0.4, 0.5) is 0 Å². The molecule has 10 nitrogen and oxygen atoms in total. The summed E-state index contributed by atoms with van der Waals surface area (Å²) in [5, 5.41) is 0.386. The largest absolute Gasteiger partial charge is 0.468 e. The molecule has 4 aliphatic rings. The van der Waals surface area contributed by atoms with Gasteiger partial charge in [0, 0.05) is 71.6 Å². The molecule has 2 saturated carbocycles. The number of hydrogen-bond acceptors (Lipinski definition) is 9. The van der Waals surface area contributed by atoms with Gasteiger partial charge < -0.3 is 14.4 Å². The van der Waals surface area contributed by atoms with Crippen molar-refractivity contribution in [1.82, 2.24) is 9.80 Å². The maximum Gasteiger partial charge on any atom is 0.336 e. The quantitative estimate of drug-likeness (QED) is 0.302. The molecule has 4 unspecified atom stereocenters. The zero-order chi connectivity index (χ0) is 36.7. The van der Waals surface area contributed by atoms with Gasteiger partial charge in [-0.15, -0.1) is 0 Å². The summed E-state index contributed by atoms with van der Waals surface area (Å²) in [6.07, 6.45) is 2.96. The first kappa shape index (κ1) is 37.4. The van der Waals surface area contributed by atoms with Crippen LogP contribution in [0.3, 0.4) is 0 Å². The molecule has 1 saturated heterocycles. The Labute approximate surface area is 311 Å². The number of ether oxygens (including phenoxy) is 2. The fourth-order valence-electron chi connectivity index (χ4n) is 8.72. The Bertz CT molecular complexity index is 1780. The molecule has 272 valence electrons. The number of benzene rings is 2. The highest BCUT2D eigenvalue weighted by Gasteiger charge is 2.59. The topological polar surface area (TPSA) is 123 Å². The molecule has 0 N–H and O–H groups in total. The minimum atomic E-state index is -1.65. The molecular weight excluding hydrogens is 713 g/mol. The summed E-state index contributed by atoms with van der Waals surface area (Å²) in [7, 11) is 0.785. The second kappa shape index (κ2) is 14.9. The van der Waals surface area contributed by atoms with Gasteiger partial charge in [0.15, 0.2) is 0 Å².